The lowest BCUT2D eigenvalue weighted by molar-refractivity contribution is -0.154. The van der Waals surface area contributed by atoms with E-state index >= 15 is 0 Å². The summed E-state index contributed by atoms with van der Waals surface area (Å²) in [7, 11) is 0. The second-order valence-corrected chi connectivity index (χ2v) is 10.3. The smallest absolute Gasteiger partial charge is 0.408 e. The average Bonchev–Trinajstić information content (AvgIpc) is 3.63. The first-order valence-corrected chi connectivity index (χ1v) is 12.9. The lowest BCUT2D eigenvalue weighted by Crippen LogP contribution is -2.46. The summed E-state index contributed by atoms with van der Waals surface area (Å²) in [6.07, 6.45) is 13.9. The minimum absolute atomic E-state index is 0.0000972. The second-order valence-electron chi connectivity index (χ2n) is 9.47. The van der Waals surface area contributed by atoms with E-state index in [-0.39, 0.29) is 18.2 Å². The number of hydrogen-bond acceptors (Lipinski definition) is 6. The number of esters is 1. The predicted octanol–water partition coefficient (Wildman–Crippen LogP) is 4.98. The normalized spacial score (nSPS) is 22.1. The molecule has 0 bridgehead atoms. The van der Waals surface area contributed by atoms with Gasteiger partial charge in [-0.25, -0.2) is 9.59 Å². The van der Waals surface area contributed by atoms with Crippen LogP contribution in [0.4, 0.5) is 4.79 Å². The molecule has 0 aromatic rings. The number of thioether (sulfide) groups is 1. The number of allylic oxidation sites excluding steroid dienone is 1. The minimum atomic E-state index is -0.764. The number of carbonyl (C=O) groups excluding carboxylic acids is 2. The van der Waals surface area contributed by atoms with Crippen molar-refractivity contribution in [3.05, 3.63) is 23.8 Å². The third-order valence-electron chi connectivity index (χ3n) is 6.20. The van der Waals surface area contributed by atoms with Gasteiger partial charge in [0.15, 0.2) is 0 Å². The molecule has 0 saturated heterocycles. The van der Waals surface area contributed by atoms with Crippen molar-refractivity contribution >= 4 is 23.8 Å². The van der Waals surface area contributed by atoms with Gasteiger partial charge >= 0.3 is 12.1 Å². The average molecular weight is 452 g/mol. The van der Waals surface area contributed by atoms with Crippen LogP contribution in [0.25, 0.3) is 0 Å². The highest BCUT2D eigenvalue weighted by Crippen LogP contribution is 2.46. The molecular formula is C24H37NO5S. The molecule has 3 aliphatic rings. The van der Waals surface area contributed by atoms with Crippen LogP contribution in [0.1, 0.15) is 65.7 Å². The molecule has 0 spiro atoms. The maximum atomic E-state index is 13.1. The molecule has 2 saturated carbocycles. The number of amides is 1. The summed E-state index contributed by atoms with van der Waals surface area (Å²) in [5.41, 5.74) is 0.407. The quantitative estimate of drug-likeness (QED) is 0.333. The topological polar surface area (TPSA) is 73.9 Å². The van der Waals surface area contributed by atoms with Gasteiger partial charge in [0.25, 0.3) is 0 Å². The molecule has 0 radical (unpaired) electrons. The van der Waals surface area contributed by atoms with Crippen LogP contribution in [0.2, 0.25) is 0 Å². The Kier molecular flexibility index (Phi) is 8.50. The van der Waals surface area contributed by atoms with Crippen molar-refractivity contribution in [1.82, 2.24) is 5.32 Å². The molecule has 6 nitrogen and oxygen atoms in total. The standard InChI is InChI=1S/C24H37NO5S/c1-5-24(2,3)30-23(27)25-20(14-16-6-12-19(13-7-16)28-15-31-4)22(26)29-21(17-8-9-17)18-10-11-18/h6-7,12,17-21H,5,8-11,13-15H2,1-4H3,(H,25,27). The van der Waals surface area contributed by atoms with E-state index in [1.54, 1.807) is 11.8 Å². The van der Waals surface area contributed by atoms with Gasteiger partial charge in [0.2, 0.25) is 0 Å². The number of carbonyl (C=O) groups is 2. The molecule has 3 rings (SSSR count). The zero-order valence-corrected chi connectivity index (χ0v) is 20.0. The van der Waals surface area contributed by atoms with Gasteiger partial charge in [0.1, 0.15) is 17.7 Å². The van der Waals surface area contributed by atoms with E-state index in [1.807, 2.05) is 39.2 Å². The van der Waals surface area contributed by atoms with Crippen LogP contribution in [0.15, 0.2) is 23.8 Å². The summed E-state index contributed by atoms with van der Waals surface area (Å²) in [6.45, 7) is 5.68. The van der Waals surface area contributed by atoms with E-state index in [0.29, 0.717) is 30.6 Å². The van der Waals surface area contributed by atoms with E-state index in [2.05, 4.69) is 11.4 Å². The first kappa shape index (κ1) is 24.2. The van der Waals surface area contributed by atoms with Crippen molar-refractivity contribution in [2.45, 2.75) is 89.6 Å². The molecule has 1 N–H and O–H groups in total. The number of nitrogens with one attached hydrogen (secondary N) is 1. The van der Waals surface area contributed by atoms with Crippen molar-refractivity contribution in [3.63, 3.8) is 0 Å². The first-order chi connectivity index (χ1) is 14.8. The lowest BCUT2D eigenvalue weighted by atomic mass is 9.98. The van der Waals surface area contributed by atoms with Crippen molar-refractivity contribution < 1.29 is 23.8 Å². The predicted molar refractivity (Wildman–Crippen MR) is 123 cm³/mol. The van der Waals surface area contributed by atoms with Crippen LogP contribution < -0.4 is 5.32 Å². The van der Waals surface area contributed by atoms with Gasteiger partial charge in [-0.1, -0.05) is 25.2 Å². The third kappa shape index (κ3) is 7.86. The monoisotopic (exact) mass is 451 g/mol. The van der Waals surface area contributed by atoms with Crippen LogP contribution in [-0.2, 0) is 19.0 Å². The van der Waals surface area contributed by atoms with Crippen LogP contribution in [0.5, 0.6) is 0 Å². The molecule has 0 heterocycles. The molecule has 2 atom stereocenters. The van der Waals surface area contributed by atoms with Gasteiger partial charge in [-0.2, -0.15) is 0 Å². The Balaban J connectivity index is 1.62. The molecule has 31 heavy (non-hydrogen) atoms. The van der Waals surface area contributed by atoms with Crippen LogP contribution in [0.3, 0.4) is 0 Å². The number of hydrogen-bond donors (Lipinski definition) is 1. The van der Waals surface area contributed by atoms with E-state index in [1.165, 1.54) is 0 Å². The summed E-state index contributed by atoms with van der Waals surface area (Å²) in [5, 5.41) is 2.78. The molecule has 174 valence electrons. The van der Waals surface area contributed by atoms with Gasteiger partial charge in [0, 0.05) is 6.42 Å². The zero-order valence-electron chi connectivity index (χ0n) is 19.2. The Labute approximate surface area is 190 Å². The number of rotatable bonds is 12. The first-order valence-electron chi connectivity index (χ1n) is 11.5. The molecule has 0 aromatic heterocycles. The zero-order chi connectivity index (χ0) is 22.4. The number of ether oxygens (including phenoxy) is 3. The molecule has 7 heteroatoms. The molecule has 0 aliphatic heterocycles. The summed E-state index contributed by atoms with van der Waals surface area (Å²) < 4.78 is 17.2. The third-order valence-corrected chi connectivity index (χ3v) is 6.57. The van der Waals surface area contributed by atoms with Gasteiger partial charge in [-0.05, 0) is 76.0 Å². The largest absolute Gasteiger partial charge is 0.460 e. The molecular weight excluding hydrogens is 414 g/mol. The summed E-state index contributed by atoms with van der Waals surface area (Å²) >= 11 is 1.64. The van der Waals surface area contributed by atoms with Gasteiger partial charge in [-0.15, -0.1) is 11.8 Å². The molecule has 1 amide bonds. The molecule has 2 unspecified atom stereocenters. The van der Waals surface area contributed by atoms with E-state index in [0.717, 1.165) is 37.7 Å². The Morgan fingerprint density at radius 3 is 2.42 bits per heavy atom. The highest BCUT2D eigenvalue weighted by molar-refractivity contribution is 7.98. The maximum Gasteiger partial charge on any atom is 0.408 e. The summed E-state index contributed by atoms with van der Waals surface area (Å²) in [5.74, 6) is 1.28. The molecule has 3 aliphatic carbocycles. The fraction of sp³-hybridized carbons (Fsp3) is 0.750. The van der Waals surface area contributed by atoms with Gasteiger partial charge in [0.05, 0.1) is 12.0 Å². The van der Waals surface area contributed by atoms with Gasteiger partial charge in [-0.3, -0.25) is 0 Å². The Bertz CT molecular complexity index is 684. The SMILES string of the molecule is CCC(C)(C)OC(=O)NC(CC1=CCC(OCSC)C=C1)C(=O)OC(C1CC1)C1CC1. The van der Waals surface area contributed by atoms with Crippen LogP contribution in [-0.4, -0.2) is 48.1 Å². The Morgan fingerprint density at radius 2 is 1.90 bits per heavy atom. The molecule has 2 fully saturated rings. The van der Waals surface area contributed by atoms with Crippen molar-refractivity contribution in [1.29, 1.82) is 0 Å². The summed E-state index contributed by atoms with van der Waals surface area (Å²) in [6, 6.07) is -0.764. The highest BCUT2D eigenvalue weighted by Gasteiger charge is 2.45. The number of alkyl carbamates (subject to hydrolysis) is 1. The summed E-state index contributed by atoms with van der Waals surface area (Å²) in [4.78, 5) is 25.6. The molecule has 0 aromatic carbocycles. The van der Waals surface area contributed by atoms with E-state index < -0.39 is 17.7 Å². The Hall–Kier alpha value is -1.47. The second kappa shape index (κ2) is 10.9. The van der Waals surface area contributed by atoms with Crippen molar-refractivity contribution in [2.24, 2.45) is 11.8 Å². The van der Waals surface area contributed by atoms with E-state index in [9.17, 15) is 9.59 Å². The highest BCUT2D eigenvalue weighted by atomic mass is 32.2. The minimum Gasteiger partial charge on any atom is -0.460 e. The fourth-order valence-corrected chi connectivity index (χ4v) is 3.95. The fourth-order valence-electron chi connectivity index (χ4n) is 3.64. The maximum absolute atomic E-state index is 13.1. The van der Waals surface area contributed by atoms with Crippen molar-refractivity contribution in [3.8, 4) is 0 Å². The van der Waals surface area contributed by atoms with Crippen LogP contribution >= 0.6 is 11.8 Å². The van der Waals surface area contributed by atoms with Gasteiger partial charge < -0.3 is 19.5 Å². The van der Waals surface area contributed by atoms with Crippen molar-refractivity contribution in [2.75, 3.05) is 12.2 Å². The lowest BCUT2D eigenvalue weighted by Gasteiger charge is -2.27. The van der Waals surface area contributed by atoms with Crippen LogP contribution in [0, 0.1) is 11.8 Å². The van der Waals surface area contributed by atoms with E-state index in [4.69, 9.17) is 14.2 Å². The Morgan fingerprint density at radius 1 is 1.23 bits per heavy atom.